The van der Waals surface area contributed by atoms with Crippen molar-refractivity contribution < 1.29 is 22.6 Å². The average molecular weight is 477 g/mol. The van der Waals surface area contributed by atoms with E-state index in [-0.39, 0.29) is 22.5 Å². The summed E-state index contributed by atoms with van der Waals surface area (Å²) in [4.78, 5) is 24.0. The Morgan fingerprint density at radius 1 is 1.10 bits per heavy atom. The molecule has 5 nitrogen and oxygen atoms in total. The molecule has 2 aliphatic carbocycles. The van der Waals surface area contributed by atoms with Crippen LogP contribution in [0, 0.1) is 22.2 Å². The number of unbranched alkanes of at least 4 members (excludes halogenated alkanes) is 2. The zero-order valence-electron chi connectivity index (χ0n) is 20.9. The smallest absolute Gasteiger partial charge is 0.187 e. The lowest BCUT2D eigenvalue weighted by Crippen LogP contribution is -2.38. The van der Waals surface area contributed by atoms with Gasteiger partial charge in [0.1, 0.15) is 26.9 Å². The molecule has 7 heteroatoms. The van der Waals surface area contributed by atoms with Crippen LogP contribution in [-0.4, -0.2) is 47.0 Å². The molecule has 0 spiro atoms. The van der Waals surface area contributed by atoms with E-state index in [9.17, 15) is 22.6 Å². The SMILES string of the molecule is CC12CCC(C(S(=O)(=O)[O-])C1=O)C2(C)C.CCCC[S+](CCCC)CC(=O)C(C)(C)C. The van der Waals surface area contributed by atoms with Crippen molar-refractivity contribution in [3.63, 3.8) is 0 Å². The lowest BCUT2D eigenvalue weighted by Gasteiger charge is -2.32. The lowest BCUT2D eigenvalue weighted by atomic mass is 9.70. The molecule has 0 aromatic carbocycles. The number of fused-ring (bicyclic) bond motifs is 2. The van der Waals surface area contributed by atoms with Gasteiger partial charge in [-0.3, -0.25) is 9.59 Å². The van der Waals surface area contributed by atoms with Gasteiger partial charge >= 0.3 is 0 Å². The molecule has 2 rings (SSSR count). The normalized spacial score (nSPS) is 27.4. The molecular formula is C24H44O5S2. The van der Waals surface area contributed by atoms with Crippen LogP contribution in [0.15, 0.2) is 0 Å². The fourth-order valence-electron chi connectivity index (χ4n) is 4.68. The standard InChI is InChI=1S/C14H29OS.C10H16O4S/c1-6-8-10-16(11-9-7-2)12-13(15)14(3,4)5;1-9(2)6-4-5-10(9,3)8(11)7(6)15(12,13)14/h6-12H2,1-5H3;6-7H,4-5H2,1-3H3,(H,12,13,14)/q+1;/p-1. The molecule has 3 atom stereocenters. The predicted molar refractivity (Wildman–Crippen MR) is 129 cm³/mol. The summed E-state index contributed by atoms with van der Waals surface area (Å²) in [7, 11) is -4.14. The van der Waals surface area contributed by atoms with Crippen LogP contribution in [0.4, 0.5) is 0 Å². The first-order valence-corrected chi connectivity index (χ1v) is 14.9. The van der Waals surface area contributed by atoms with Crippen LogP contribution in [0.1, 0.15) is 93.9 Å². The van der Waals surface area contributed by atoms with Crippen molar-refractivity contribution in [3.05, 3.63) is 0 Å². The molecule has 0 aromatic heterocycles. The van der Waals surface area contributed by atoms with Gasteiger partial charge in [-0.1, -0.05) is 68.2 Å². The third kappa shape index (κ3) is 6.57. The van der Waals surface area contributed by atoms with E-state index in [4.69, 9.17) is 0 Å². The zero-order valence-corrected chi connectivity index (χ0v) is 22.5. The summed E-state index contributed by atoms with van der Waals surface area (Å²) in [5, 5.41) is -1.30. The average Bonchev–Trinajstić information content (AvgIpc) is 2.95. The largest absolute Gasteiger partial charge is 0.747 e. The Morgan fingerprint density at radius 3 is 1.87 bits per heavy atom. The molecule has 3 unspecified atom stereocenters. The van der Waals surface area contributed by atoms with Gasteiger partial charge < -0.3 is 4.55 Å². The number of hydrogen-bond acceptors (Lipinski definition) is 5. The van der Waals surface area contributed by atoms with Crippen LogP contribution in [0.3, 0.4) is 0 Å². The molecule has 0 saturated heterocycles. The molecule has 2 saturated carbocycles. The third-order valence-electron chi connectivity index (χ3n) is 7.53. The van der Waals surface area contributed by atoms with E-state index in [1.165, 1.54) is 37.2 Å². The summed E-state index contributed by atoms with van der Waals surface area (Å²) < 4.78 is 33.3. The highest BCUT2D eigenvalue weighted by molar-refractivity contribution is 7.97. The van der Waals surface area contributed by atoms with E-state index in [1.54, 1.807) is 6.92 Å². The van der Waals surface area contributed by atoms with E-state index in [0.29, 0.717) is 29.5 Å². The van der Waals surface area contributed by atoms with Gasteiger partial charge in [0.05, 0.1) is 0 Å². The molecule has 0 aliphatic heterocycles. The molecule has 0 amide bonds. The second-order valence-electron chi connectivity index (χ2n) is 11.0. The molecule has 2 bridgehead atoms. The second-order valence-corrected chi connectivity index (χ2v) is 14.8. The van der Waals surface area contributed by atoms with Crippen LogP contribution in [0.25, 0.3) is 0 Å². The predicted octanol–water partition coefficient (Wildman–Crippen LogP) is 4.75. The van der Waals surface area contributed by atoms with Crippen LogP contribution in [0.2, 0.25) is 0 Å². The number of carbonyl (C=O) groups excluding carboxylic acids is 2. The first kappa shape index (κ1) is 28.6. The van der Waals surface area contributed by atoms with Crippen molar-refractivity contribution in [2.24, 2.45) is 22.2 Å². The maximum atomic E-state index is 12.0. The highest BCUT2D eigenvalue weighted by atomic mass is 32.2. The summed E-state index contributed by atoms with van der Waals surface area (Å²) >= 11 is 0. The molecule has 182 valence electrons. The Labute approximate surface area is 193 Å². The minimum Gasteiger partial charge on any atom is -0.747 e. The van der Waals surface area contributed by atoms with Crippen molar-refractivity contribution in [2.45, 2.75) is 99.2 Å². The number of ketones is 2. The monoisotopic (exact) mass is 476 g/mol. The third-order valence-corrected chi connectivity index (χ3v) is 11.1. The van der Waals surface area contributed by atoms with Crippen LogP contribution >= 0.6 is 0 Å². The van der Waals surface area contributed by atoms with Gasteiger partial charge in [-0.2, -0.15) is 0 Å². The summed E-state index contributed by atoms with van der Waals surface area (Å²) in [6.45, 7) is 16.2. The zero-order chi connectivity index (χ0) is 24.3. The summed E-state index contributed by atoms with van der Waals surface area (Å²) in [6.07, 6.45) is 6.43. The molecule has 2 fully saturated rings. The number of rotatable bonds is 9. The summed E-state index contributed by atoms with van der Waals surface area (Å²) in [6, 6.07) is 0. The second kappa shape index (κ2) is 10.7. The Balaban J connectivity index is 0.000000310. The van der Waals surface area contributed by atoms with Crippen molar-refractivity contribution in [1.82, 2.24) is 0 Å². The van der Waals surface area contributed by atoms with E-state index in [0.717, 1.165) is 5.75 Å². The molecule has 0 N–H and O–H groups in total. The van der Waals surface area contributed by atoms with Crippen molar-refractivity contribution in [2.75, 3.05) is 17.3 Å². The minimum atomic E-state index is -4.49. The fourth-order valence-corrected chi connectivity index (χ4v) is 8.77. The van der Waals surface area contributed by atoms with Crippen molar-refractivity contribution >= 4 is 32.6 Å². The number of Topliss-reactive ketones (excluding diaryl/α,β-unsaturated/α-hetero) is 2. The first-order chi connectivity index (χ1) is 14.0. The summed E-state index contributed by atoms with van der Waals surface area (Å²) in [5.41, 5.74) is -1.14. The molecule has 2 aliphatic rings. The maximum Gasteiger partial charge on any atom is 0.187 e. The lowest BCUT2D eigenvalue weighted by molar-refractivity contribution is -0.128. The highest BCUT2D eigenvalue weighted by Crippen LogP contribution is 2.64. The van der Waals surface area contributed by atoms with Gasteiger partial charge in [0.25, 0.3) is 0 Å². The van der Waals surface area contributed by atoms with Crippen molar-refractivity contribution in [1.29, 1.82) is 0 Å². The van der Waals surface area contributed by atoms with Crippen molar-refractivity contribution in [3.8, 4) is 0 Å². The molecule has 0 radical (unpaired) electrons. The number of hydrogen-bond donors (Lipinski definition) is 0. The Morgan fingerprint density at radius 2 is 1.58 bits per heavy atom. The Bertz CT molecular complexity index is 728. The van der Waals surface area contributed by atoms with E-state index in [2.05, 4.69) is 13.8 Å². The van der Waals surface area contributed by atoms with Crippen LogP contribution in [-0.2, 0) is 30.6 Å². The minimum absolute atomic E-state index is 0.149. The molecule has 0 aromatic rings. The van der Waals surface area contributed by atoms with Gasteiger partial charge in [0.15, 0.2) is 17.3 Å². The first-order valence-electron chi connectivity index (χ1n) is 11.7. The topological polar surface area (TPSA) is 91.3 Å². The van der Waals surface area contributed by atoms with E-state index in [1.807, 2.05) is 34.6 Å². The molecular weight excluding hydrogens is 432 g/mol. The van der Waals surface area contributed by atoms with Gasteiger partial charge in [0.2, 0.25) is 0 Å². The maximum absolute atomic E-state index is 12.0. The van der Waals surface area contributed by atoms with Gasteiger partial charge in [-0.25, -0.2) is 8.42 Å². The fraction of sp³-hybridized carbons (Fsp3) is 0.917. The summed E-state index contributed by atoms with van der Waals surface area (Å²) in [5.74, 6) is 3.14. The van der Waals surface area contributed by atoms with Crippen LogP contribution in [0.5, 0.6) is 0 Å². The van der Waals surface area contributed by atoms with Crippen LogP contribution < -0.4 is 0 Å². The van der Waals surface area contributed by atoms with Gasteiger partial charge in [-0.05, 0) is 47.9 Å². The highest BCUT2D eigenvalue weighted by Gasteiger charge is 2.67. The Kier molecular flexibility index (Phi) is 9.87. The quantitative estimate of drug-likeness (QED) is 0.354. The number of carbonyl (C=O) groups is 2. The molecule has 0 heterocycles. The Hall–Kier alpha value is -0.400. The van der Waals surface area contributed by atoms with E-state index >= 15 is 0 Å². The van der Waals surface area contributed by atoms with Gasteiger partial charge in [0, 0.05) is 10.8 Å². The molecule has 31 heavy (non-hydrogen) atoms. The van der Waals surface area contributed by atoms with Gasteiger partial charge in [-0.15, -0.1) is 0 Å². The van der Waals surface area contributed by atoms with E-state index < -0.39 is 20.8 Å².